The van der Waals surface area contributed by atoms with E-state index in [1.807, 2.05) is 19.1 Å². The molecule has 29 heavy (non-hydrogen) atoms. The van der Waals surface area contributed by atoms with Crippen molar-refractivity contribution in [1.82, 2.24) is 10.2 Å². The first-order valence-electron chi connectivity index (χ1n) is 8.04. The number of hydrogen-bond donors (Lipinski definition) is 2. The molecule has 152 valence electrons. The van der Waals surface area contributed by atoms with E-state index in [0.29, 0.717) is 5.69 Å². The molecule has 0 aliphatic heterocycles. The molecular weight excluding hydrogens is 413 g/mol. The number of anilines is 1. The largest absolute Gasteiger partial charge is 0.484 e. The number of nitrogens with zero attached hydrogens (tertiary/aromatic N) is 2. The van der Waals surface area contributed by atoms with Gasteiger partial charge in [-0.15, -0.1) is 11.3 Å². The average Bonchev–Trinajstić information content (AvgIpc) is 3.28. The molecule has 0 spiro atoms. The monoisotopic (exact) mass is 426 g/mol. The third kappa shape index (κ3) is 5.10. The first-order valence-corrected chi connectivity index (χ1v) is 8.85. The number of benzene rings is 1. The molecule has 0 aliphatic rings. The number of nitro groups is 1. The SMILES string of the molecule is Cc1ccc(-c2cc(NC(=O)c3cc(OCC(F)(F)F)ccc3[N+](=O)[O-])n[nH]2)s1. The van der Waals surface area contributed by atoms with Crippen molar-refractivity contribution in [3.05, 3.63) is 57.0 Å². The second-order valence-corrected chi connectivity index (χ2v) is 7.16. The fraction of sp³-hybridized carbons (Fsp3) is 0.176. The van der Waals surface area contributed by atoms with Gasteiger partial charge in [0.15, 0.2) is 12.4 Å². The number of carbonyl (C=O) groups is 1. The number of aryl methyl sites for hydroxylation is 1. The zero-order chi connectivity index (χ0) is 21.2. The van der Waals surface area contributed by atoms with E-state index in [4.69, 9.17) is 0 Å². The zero-order valence-electron chi connectivity index (χ0n) is 14.7. The summed E-state index contributed by atoms with van der Waals surface area (Å²) in [4.78, 5) is 24.8. The lowest BCUT2D eigenvalue weighted by Gasteiger charge is -2.10. The number of nitro benzene ring substituents is 1. The summed E-state index contributed by atoms with van der Waals surface area (Å²) in [7, 11) is 0. The average molecular weight is 426 g/mol. The molecule has 0 fully saturated rings. The number of H-pyrrole nitrogens is 1. The fourth-order valence-electron chi connectivity index (χ4n) is 2.39. The first kappa shape index (κ1) is 20.3. The smallest absolute Gasteiger partial charge is 0.422 e. The van der Waals surface area contributed by atoms with Crippen molar-refractivity contribution >= 4 is 28.7 Å². The molecule has 0 bridgehead atoms. The number of amides is 1. The Kier molecular flexibility index (Phi) is 5.55. The van der Waals surface area contributed by atoms with Crippen molar-refractivity contribution in [3.63, 3.8) is 0 Å². The molecule has 2 aromatic heterocycles. The van der Waals surface area contributed by atoms with Gasteiger partial charge in [0, 0.05) is 17.0 Å². The Morgan fingerprint density at radius 1 is 1.31 bits per heavy atom. The van der Waals surface area contributed by atoms with Crippen molar-refractivity contribution in [2.75, 3.05) is 11.9 Å². The maximum absolute atomic E-state index is 12.5. The molecule has 0 unspecified atom stereocenters. The van der Waals surface area contributed by atoms with E-state index < -0.39 is 34.9 Å². The van der Waals surface area contributed by atoms with Gasteiger partial charge in [-0.1, -0.05) is 0 Å². The zero-order valence-corrected chi connectivity index (χ0v) is 15.6. The number of hydrogen-bond acceptors (Lipinski definition) is 6. The molecule has 0 saturated carbocycles. The summed E-state index contributed by atoms with van der Waals surface area (Å²) in [5.41, 5.74) is -0.396. The summed E-state index contributed by atoms with van der Waals surface area (Å²) < 4.78 is 41.5. The Morgan fingerprint density at radius 3 is 2.69 bits per heavy atom. The lowest BCUT2D eigenvalue weighted by Crippen LogP contribution is -2.20. The summed E-state index contributed by atoms with van der Waals surface area (Å²) >= 11 is 1.50. The second-order valence-electron chi connectivity index (χ2n) is 5.87. The predicted molar refractivity (Wildman–Crippen MR) is 99.2 cm³/mol. The highest BCUT2D eigenvalue weighted by atomic mass is 32.1. The minimum absolute atomic E-state index is 0.104. The molecule has 3 rings (SSSR count). The van der Waals surface area contributed by atoms with E-state index in [-0.39, 0.29) is 11.6 Å². The number of alkyl halides is 3. The van der Waals surface area contributed by atoms with Crippen LogP contribution in [0.15, 0.2) is 36.4 Å². The van der Waals surface area contributed by atoms with Gasteiger partial charge in [-0.05, 0) is 31.2 Å². The number of halogens is 3. The molecule has 1 aromatic carbocycles. The Bertz CT molecular complexity index is 1060. The highest BCUT2D eigenvalue weighted by Crippen LogP contribution is 2.29. The van der Waals surface area contributed by atoms with Crippen LogP contribution in [0.4, 0.5) is 24.7 Å². The summed E-state index contributed by atoms with van der Waals surface area (Å²) in [6, 6.07) is 8.10. The summed E-state index contributed by atoms with van der Waals surface area (Å²) in [6.45, 7) is 0.342. The predicted octanol–water partition coefficient (Wildman–Crippen LogP) is 4.55. The number of nitrogens with one attached hydrogen (secondary N) is 2. The van der Waals surface area contributed by atoms with Crippen LogP contribution < -0.4 is 10.1 Å². The van der Waals surface area contributed by atoms with E-state index in [1.165, 1.54) is 11.3 Å². The van der Waals surface area contributed by atoms with Crippen LogP contribution in [0.1, 0.15) is 15.2 Å². The Labute approximate surface area is 165 Å². The quantitative estimate of drug-likeness (QED) is 0.444. The van der Waals surface area contributed by atoms with Crippen molar-refractivity contribution in [2.45, 2.75) is 13.1 Å². The molecule has 2 N–H and O–H groups in total. The van der Waals surface area contributed by atoms with Gasteiger partial charge >= 0.3 is 6.18 Å². The molecule has 0 radical (unpaired) electrons. The van der Waals surface area contributed by atoms with Crippen LogP contribution in [0.25, 0.3) is 10.6 Å². The van der Waals surface area contributed by atoms with Crippen LogP contribution in [-0.4, -0.2) is 33.8 Å². The van der Waals surface area contributed by atoms with E-state index >= 15 is 0 Å². The summed E-state index contributed by atoms with van der Waals surface area (Å²) in [5, 5.41) is 20.2. The number of carbonyl (C=O) groups excluding carboxylic acids is 1. The maximum atomic E-state index is 12.5. The van der Waals surface area contributed by atoms with Gasteiger partial charge in [0.25, 0.3) is 11.6 Å². The number of aromatic nitrogens is 2. The Balaban J connectivity index is 1.81. The standard InChI is InChI=1S/C17H13F3N4O4S/c1-9-2-5-14(29-9)12-7-15(23-22-12)21-16(25)11-6-10(28-8-17(18,19)20)3-4-13(11)24(26)27/h2-7H,8H2,1H3,(H2,21,22,23,25). The van der Waals surface area contributed by atoms with Gasteiger partial charge in [-0.2, -0.15) is 18.3 Å². The highest BCUT2D eigenvalue weighted by molar-refractivity contribution is 7.15. The van der Waals surface area contributed by atoms with Crippen LogP contribution >= 0.6 is 11.3 Å². The molecular formula is C17H13F3N4O4S. The van der Waals surface area contributed by atoms with Crippen LogP contribution in [0, 0.1) is 17.0 Å². The molecule has 3 aromatic rings. The first-order chi connectivity index (χ1) is 13.6. The molecule has 1 amide bonds. The van der Waals surface area contributed by atoms with Crippen molar-refractivity contribution in [2.24, 2.45) is 0 Å². The van der Waals surface area contributed by atoms with Crippen LogP contribution in [0.5, 0.6) is 5.75 Å². The topological polar surface area (TPSA) is 110 Å². The molecule has 0 atom stereocenters. The van der Waals surface area contributed by atoms with Crippen molar-refractivity contribution < 1.29 is 27.6 Å². The summed E-state index contributed by atoms with van der Waals surface area (Å²) in [6.07, 6.45) is -4.59. The van der Waals surface area contributed by atoms with Gasteiger partial charge in [0.05, 0.1) is 15.5 Å². The van der Waals surface area contributed by atoms with Crippen LogP contribution in [-0.2, 0) is 0 Å². The third-order valence-electron chi connectivity index (χ3n) is 3.64. The normalized spacial score (nSPS) is 11.3. The highest BCUT2D eigenvalue weighted by Gasteiger charge is 2.29. The Hall–Kier alpha value is -3.41. The number of ether oxygens (including phenoxy) is 1. The number of thiophene rings is 1. The van der Waals surface area contributed by atoms with E-state index in [2.05, 4.69) is 20.3 Å². The fourth-order valence-corrected chi connectivity index (χ4v) is 3.22. The van der Waals surface area contributed by atoms with Crippen LogP contribution in [0.2, 0.25) is 0 Å². The second kappa shape index (κ2) is 7.91. The van der Waals surface area contributed by atoms with Crippen LogP contribution in [0.3, 0.4) is 0 Å². The lowest BCUT2D eigenvalue weighted by molar-refractivity contribution is -0.385. The van der Waals surface area contributed by atoms with E-state index in [9.17, 15) is 28.1 Å². The maximum Gasteiger partial charge on any atom is 0.422 e. The van der Waals surface area contributed by atoms with Gasteiger partial charge in [-0.3, -0.25) is 20.0 Å². The molecule has 2 heterocycles. The minimum atomic E-state index is -4.59. The van der Waals surface area contributed by atoms with E-state index in [0.717, 1.165) is 28.0 Å². The molecule has 0 aliphatic carbocycles. The van der Waals surface area contributed by atoms with Gasteiger partial charge < -0.3 is 10.1 Å². The lowest BCUT2D eigenvalue weighted by atomic mass is 10.1. The third-order valence-corrected chi connectivity index (χ3v) is 4.67. The van der Waals surface area contributed by atoms with Gasteiger partial charge in [0.1, 0.15) is 11.3 Å². The summed E-state index contributed by atoms with van der Waals surface area (Å²) in [5.74, 6) is -1.13. The van der Waals surface area contributed by atoms with Gasteiger partial charge in [0.2, 0.25) is 0 Å². The minimum Gasteiger partial charge on any atom is -0.484 e. The van der Waals surface area contributed by atoms with Gasteiger partial charge in [-0.25, -0.2) is 0 Å². The molecule has 8 nitrogen and oxygen atoms in total. The number of rotatable bonds is 6. The van der Waals surface area contributed by atoms with Crippen molar-refractivity contribution in [1.29, 1.82) is 0 Å². The Morgan fingerprint density at radius 2 is 2.07 bits per heavy atom. The van der Waals surface area contributed by atoms with E-state index in [1.54, 1.807) is 6.07 Å². The van der Waals surface area contributed by atoms with Crippen molar-refractivity contribution in [3.8, 4) is 16.3 Å². The number of aromatic amines is 1. The molecule has 0 saturated heterocycles. The molecule has 12 heteroatoms.